The minimum Gasteiger partial charge on any atom is -0.493 e. The van der Waals surface area contributed by atoms with E-state index < -0.39 is 0 Å². The molecule has 0 aliphatic rings. The lowest BCUT2D eigenvalue weighted by Crippen LogP contribution is -2.26. The van der Waals surface area contributed by atoms with E-state index in [1.165, 1.54) is 0 Å². The maximum Gasteiger partial charge on any atom is 0.254 e. The summed E-state index contributed by atoms with van der Waals surface area (Å²) in [6.07, 6.45) is 0.900. The van der Waals surface area contributed by atoms with Gasteiger partial charge in [0.05, 0.1) is 27.4 Å². The molecular formula is C22H29NO5. The van der Waals surface area contributed by atoms with Gasteiger partial charge in [0, 0.05) is 24.7 Å². The molecule has 0 saturated heterocycles. The van der Waals surface area contributed by atoms with Crippen LogP contribution in [-0.4, -0.2) is 45.3 Å². The summed E-state index contributed by atoms with van der Waals surface area (Å²) in [6, 6.07) is 10.9. The lowest BCUT2D eigenvalue weighted by atomic mass is 10.1. The number of para-hydroxylation sites is 1. The van der Waals surface area contributed by atoms with Crippen LogP contribution >= 0.6 is 0 Å². The van der Waals surface area contributed by atoms with Gasteiger partial charge in [0.2, 0.25) is 0 Å². The molecule has 0 aliphatic heterocycles. The van der Waals surface area contributed by atoms with Crippen molar-refractivity contribution in [3.05, 3.63) is 47.5 Å². The highest BCUT2D eigenvalue weighted by atomic mass is 16.5. The third-order valence-corrected chi connectivity index (χ3v) is 4.19. The van der Waals surface area contributed by atoms with E-state index in [1.807, 2.05) is 32.0 Å². The van der Waals surface area contributed by atoms with E-state index in [0.717, 1.165) is 12.0 Å². The number of hydrogen-bond acceptors (Lipinski definition) is 5. The molecule has 0 fully saturated rings. The number of methoxy groups -OCH3 is 2. The van der Waals surface area contributed by atoms with Crippen LogP contribution in [0.25, 0.3) is 0 Å². The number of hydrogen-bond donors (Lipinski definition) is 0. The molecule has 0 N–H and O–H groups in total. The van der Waals surface area contributed by atoms with Crippen LogP contribution in [-0.2, 0) is 6.54 Å². The second-order valence-corrected chi connectivity index (χ2v) is 6.26. The van der Waals surface area contributed by atoms with E-state index in [9.17, 15) is 4.79 Å². The standard InChI is InChI=1S/C22H29NO5/c1-6-13-28-18-12-11-16(14-20(18)27-7-2)22(24)23(3)15-17-9-8-10-19(25-4)21(17)26-5/h8-12,14H,6-7,13,15H2,1-5H3. The summed E-state index contributed by atoms with van der Waals surface area (Å²) < 4.78 is 22.2. The van der Waals surface area contributed by atoms with Gasteiger partial charge in [-0.2, -0.15) is 0 Å². The summed E-state index contributed by atoms with van der Waals surface area (Å²) in [6.45, 7) is 5.43. The fourth-order valence-corrected chi connectivity index (χ4v) is 2.87. The second-order valence-electron chi connectivity index (χ2n) is 6.26. The van der Waals surface area contributed by atoms with E-state index >= 15 is 0 Å². The number of carbonyl (C=O) groups excluding carboxylic acids is 1. The fourth-order valence-electron chi connectivity index (χ4n) is 2.87. The molecule has 0 saturated carbocycles. The first-order valence-corrected chi connectivity index (χ1v) is 9.40. The Morgan fingerprint density at radius 2 is 1.75 bits per heavy atom. The molecule has 2 rings (SSSR count). The van der Waals surface area contributed by atoms with E-state index in [1.54, 1.807) is 44.4 Å². The Bertz CT molecular complexity index is 790. The first kappa shape index (κ1) is 21.4. The van der Waals surface area contributed by atoms with E-state index in [-0.39, 0.29) is 5.91 Å². The van der Waals surface area contributed by atoms with Crippen molar-refractivity contribution < 1.29 is 23.7 Å². The average molecular weight is 387 g/mol. The summed E-state index contributed by atoms with van der Waals surface area (Å²) in [5.41, 5.74) is 1.40. The molecule has 6 heteroatoms. The van der Waals surface area contributed by atoms with Gasteiger partial charge in [-0.15, -0.1) is 0 Å². The maximum atomic E-state index is 12.9. The van der Waals surface area contributed by atoms with Gasteiger partial charge >= 0.3 is 0 Å². The SMILES string of the molecule is CCCOc1ccc(C(=O)N(C)Cc2cccc(OC)c2OC)cc1OCC. The summed E-state index contributed by atoms with van der Waals surface area (Å²) >= 11 is 0. The molecule has 6 nitrogen and oxygen atoms in total. The Hall–Kier alpha value is -2.89. The normalized spacial score (nSPS) is 10.3. The van der Waals surface area contributed by atoms with Gasteiger partial charge in [0.15, 0.2) is 23.0 Å². The topological polar surface area (TPSA) is 57.2 Å². The highest BCUT2D eigenvalue weighted by Crippen LogP contribution is 2.32. The molecule has 0 radical (unpaired) electrons. The lowest BCUT2D eigenvalue weighted by molar-refractivity contribution is 0.0783. The predicted octanol–water partition coefficient (Wildman–Crippen LogP) is 4.16. The van der Waals surface area contributed by atoms with Crippen LogP contribution in [0, 0.1) is 0 Å². The van der Waals surface area contributed by atoms with Crippen LogP contribution in [0.5, 0.6) is 23.0 Å². The molecule has 0 spiro atoms. The van der Waals surface area contributed by atoms with Crippen LogP contribution in [0.4, 0.5) is 0 Å². The lowest BCUT2D eigenvalue weighted by Gasteiger charge is -2.21. The van der Waals surface area contributed by atoms with Gasteiger partial charge in [0.1, 0.15) is 0 Å². The molecule has 2 aromatic carbocycles. The Morgan fingerprint density at radius 1 is 0.964 bits per heavy atom. The molecular weight excluding hydrogens is 358 g/mol. The number of benzene rings is 2. The highest BCUT2D eigenvalue weighted by molar-refractivity contribution is 5.94. The highest BCUT2D eigenvalue weighted by Gasteiger charge is 2.18. The quantitative estimate of drug-likeness (QED) is 0.613. The van der Waals surface area contributed by atoms with Crippen molar-refractivity contribution in [2.75, 3.05) is 34.5 Å². The average Bonchev–Trinajstić information content (AvgIpc) is 2.72. The van der Waals surface area contributed by atoms with Crippen molar-refractivity contribution in [2.24, 2.45) is 0 Å². The van der Waals surface area contributed by atoms with E-state index in [0.29, 0.717) is 48.3 Å². The van der Waals surface area contributed by atoms with Crippen molar-refractivity contribution in [3.8, 4) is 23.0 Å². The number of rotatable bonds is 10. The molecule has 0 heterocycles. The zero-order valence-electron chi connectivity index (χ0n) is 17.3. The molecule has 0 aromatic heterocycles. The van der Waals surface area contributed by atoms with Gasteiger partial charge in [0.25, 0.3) is 5.91 Å². The summed E-state index contributed by atoms with van der Waals surface area (Å²) in [5, 5.41) is 0. The maximum absolute atomic E-state index is 12.9. The van der Waals surface area contributed by atoms with E-state index in [2.05, 4.69) is 0 Å². The number of carbonyl (C=O) groups is 1. The number of nitrogens with zero attached hydrogens (tertiary/aromatic N) is 1. The zero-order valence-corrected chi connectivity index (χ0v) is 17.3. The zero-order chi connectivity index (χ0) is 20.5. The Labute approximate surface area is 167 Å². The molecule has 28 heavy (non-hydrogen) atoms. The third kappa shape index (κ3) is 5.09. The fraction of sp³-hybridized carbons (Fsp3) is 0.409. The molecule has 0 atom stereocenters. The molecule has 2 aromatic rings. The summed E-state index contributed by atoms with van der Waals surface area (Å²) in [5.74, 6) is 2.37. The minimum absolute atomic E-state index is 0.118. The number of amides is 1. The second kappa shape index (κ2) is 10.4. The summed E-state index contributed by atoms with van der Waals surface area (Å²) in [7, 11) is 4.93. The Morgan fingerprint density at radius 3 is 2.39 bits per heavy atom. The van der Waals surface area contributed by atoms with Crippen LogP contribution in [0.15, 0.2) is 36.4 Å². The predicted molar refractivity (Wildman–Crippen MR) is 109 cm³/mol. The van der Waals surface area contributed by atoms with Gasteiger partial charge in [-0.3, -0.25) is 4.79 Å². The Balaban J connectivity index is 2.22. The summed E-state index contributed by atoms with van der Waals surface area (Å²) in [4.78, 5) is 14.6. The van der Waals surface area contributed by atoms with Gasteiger partial charge < -0.3 is 23.8 Å². The first-order valence-electron chi connectivity index (χ1n) is 9.40. The molecule has 0 aliphatic carbocycles. The van der Waals surface area contributed by atoms with Crippen molar-refractivity contribution in [2.45, 2.75) is 26.8 Å². The van der Waals surface area contributed by atoms with Crippen LogP contribution < -0.4 is 18.9 Å². The van der Waals surface area contributed by atoms with Crippen molar-refractivity contribution in [3.63, 3.8) is 0 Å². The molecule has 152 valence electrons. The van der Waals surface area contributed by atoms with Crippen LogP contribution in [0.1, 0.15) is 36.2 Å². The van der Waals surface area contributed by atoms with Crippen molar-refractivity contribution in [1.29, 1.82) is 0 Å². The molecule has 0 unspecified atom stereocenters. The van der Waals surface area contributed by atoms with Crippen molar-refractivity contribution >= 4 is 5.91 Å². The number of ether oxygens (including phenoxy) is 4. The first-order chi connectivity index (χ1) is 13.5. The Kier molecular flexibility index (Phi) is 7.99. The van der Waals surface area contributed by atoms with Gasteiger partial charge in [-0.1, -0.05) is 19.1 Å². The molecule has 0 bridgehead atoms. The third-order valence-electron chi connectivity index (χ3n) is 4.19. The van der Waals surface area contributed by atoms with Gasteiger partial charge in [-0.25, -0.2) is 0 Å². The minimum atomic E-state index is -0.118. The largest absolute Gasteiger partial charge is 0.493 e. The molecule has 1 amide bonds. The van der Waals surface area contributed by atoms with Crippen LogP contribution in [0.3, 0.4) is 0 Å². The van der Waals surface area contributed by atoms with Gasteiger partial charge in [-0.05, 0) is 37.6 Å². The smallest absolute Gasteiger partial charge is 0.254 e. The van der Waals surface area contributed by atoms with Crippen molar-refractivity contribution in [1.82, 2.24) is 4.90 Å². The van der Waals surface area contributed by atoms with E-state index in [4.69, 9.17) is 18.9 Å². The van der Waals surface area contributed by atoms with Crippen LogP contribution in [0.2, 0.25) is 0 Å². The monoisotopic (exact) mass is 387 g/mol.